The van der Waals surface area contributed by atoms with Gasteiger partial charge in [0.25, 0.3) is 0 Å². The van der Waals surface area contributed by atoms with Crippen LogP contribution in [0, 0.1) is 5.41 Å². The summed E-state index contributed by atoms with van der Waals surface area (Å²) in [5.41, 5.74) is 5.77. The molecule has 3 aromatic rings. The van der Waals surface area contributed by atoms with E-state index < -0.39 is 11.4 Å². The molecule has 2 bridgehead atoms. The van der Waals surface area contributed by atoms with E-state index in [-0.39, 0.29) is 17.7 Å². The van der Waals surface area contributed by atoms with E-state index in [0.29, 0.717) is 11.3 Å². The fraction of sp³-hybridized carbons (Fsp3) is 0.231. The van der Waals surface area contributed by atoms with Gasteiger partial charge in [0.05, 0.1) is 18.1 Å². The number of ether oxygens (including phenoxy) is 1. The molecule has 1 atom stereocenters. The Morgan fingerprint density at radius 1 is 0.867 bits per heavy atom. The molecule has 0 aromatic heterocycles. The largest absolute Gasteiger partial charge is 0.465 e. The summed E-state index contributed by atoms with van der Waals surface area (Å²) in [7, 11) is 1.35. The van der Waals surface area contributed by atoms with Crippen molar-refractivity contribution in [2.45, 2.75) is 25.2 Å². The lowest BCUT2D eigenvalue weighted by atomic mass is 9.52. The molecule has 1 amide bonds. The second kappa shape index (κ2) is 6.84. The molecule has 30 heavy (non-hydrogen) atoms. The summed E-state index contributed by atoms with van der Waals surface area (Å²) in [6, 6.07) is 23.9. The first kappa shape index (κ1) is 18.6. The smallest absolute Gasteiger partial charge is 0.337 e. The third-order valence-corrected chi connectivity index (χ3v) is 6.71. The van der Waals surface area contributed by atoms with Crippen molar-refractivity contribution in [3.63, 3.8) is 0 Å². The molecule has 0 heterocycles. The summed E-state index contributed by atoms with van der Waals surface area (Å²) in [6.07, 6.45) is 0.776. The first-order valence-corrected chi connectivity index (χ1v) is 10.2. The Balaban J connectivity index is 1.50. The minimum atomic E-state index is -0.561. The van der Waals surface area contributed by atoms with Gasteiger partial charge in [0, 0.05) is 17.5 Å². The fourth-order valence-corrected chi connectivity index (χ4v) is 5.27. The van der Waals surface area contributed by atoms with Crippen LogP contribution in [-0.4, -0.2) is 19.0 Å². The van der Waals surface area contributed by atoms with Crippen LogP contribution in [-0.2, 0) is 9.53 Å². The molecule has 0 saturated carbocycles. The molecule has 0 fully saturated rings. The van der Waals surface area contributed by atoms with Crippen molar-refractivity contribution >= 4 is 17.6 Å². The third kappa shape index (κ3) is 2.67. The normalized spacial score (nSPS) is 23.3. The maximum atomic E-state index is 13.6. The van der Waals surface area contributed by atoms with E-state index in [1.54, 1.807) is 24.3 Å². The maximum Gasteiger partial charge on any atom is 0.337 e. The van der Waals surface area contributed by atoms with Gasteiger partial charge in [-0.25, -0.2) is 4.79 Å². The minimum Gasteiger partial charge on any atom is -0.465 e. The van der Waals surface area contributed by atoms with Gasteiger partial charge in [0.15, 0.2) is 0 Å². The fourth-order valence-electron chi connectivity index (χ4n) is 5.27. The van der Waals surface area contributed by atoms with Crippen LogP contribution in [0.15, 0.2) is 72.8 Å². The summed E-state index contributed by atoms with van der Waals surface area (Å²) in [4.78, 5) is 25.2. The highest BCUT2D eigenvalue weighted by Gasteiger charge is 2.53. The molecular weight excluding hydrogens is 374 g/mol. The number of anilines is 1. The Kier molecular flexibility index (Phi) is 4.24. The van der Waals surface area contributed by atoms with Crippen LogP contribution < -0.4 is 5.32 Å². The topological polar surface area (TPSA) is 55.4 Å². The number of hydrogen-bond donors (Lipinski definition) is 1. The van der Waals surface area contributed by atoms with Crippen molar-refractivity contribution in [2.75, 3.05) is 12.4 Å². The zero-order chi connectivity index (χ0) is 20.9. The minimum absolute atomic E-state index is 0.00678. The Labute approximate surface area is 175 Å². The lowest BCUT2D eigenvalue weighted by molar-refractivity contribution is -0.126. The van der Waals surface area contributed by atoms with E-state index in [1.807, 2.05) is 0 Å². The first-order chi connectivity index (χ1) is 14.5. The van der Waals surface area contributed by atoms with Gasteiger partial charge in [-0.3, -0.25) is 4.79 Å². The van der Waals surface area contributed by atoms with Crippen molar-refractivity contribution in [1.82, 2.24) is 0 Å². The van der Waals surface area contributed by atoms with E-state index in [9.17, 15) is 9.59 Å². The van der Waals surface area contributed by atoms with Gasteiger partial charge in [-0.1, -0.05) is 48.5 Å². The maximum absolute atomic E-state index is 13.6. The van der Waals surface area contributed by atoms with E-state index >= 15 is 0 Å². The van der Waals surface area contributed by atoms with Crippen molar-refractivity contribution < 1.29 is 14.3 Å². The average Bonchev–Trinajstić information content (AvgIpc) is 2.79. The third-order valence-electron chi connectivity index (χ3n) is 6.71. The number of carbonyl (C=O) groups is 2. The SMILES string of the molecule is COC(=O)c1ccc(NC(=O)[C@@]2(C)CC3c4ccccc4C2c2ccccc23)cc1. The first-order valence-electron chi connectivity index (χ1n) is 10.2. The second-order valence-electron chi connectivity index (χ2n) is 8.39. The molecular formula is C26H23NO3. The Morgan fingerprint density at radius 2 is 1.40 bits per heavy atom. The molecule has 6 rings (SSSR count). The van der Waals surface area contributed by atoms with Crippen LogP contribution in [0.2, 0.25) is 0 Å². The molecule has 3 aromatic carbocycles. The molecule has 3 aliphatic rings. The van der Waals surface area contributed by atoms with E-state index in [1.165, 1.54) is 29.4 Å². The van der Waals surface area contributed by atoms with Crippen molar-refractivity contribution in [3.05, 3.63) is 101 Å². The lowest BCUT2D eigenvalue weighted by Gasteiger charge is -2.50. The standard InChI is InChI=1S/C26H23NO3/c1-26(25(29)27-17-13-11-16(12-14-17)24(28)30-2)15-22-18-7-3-5-9-20(18)23(26)21-10-6-4-8-19(21)22/h3-14,22-23H,15H2,1-2H3,(H,27,29)/t22?,23?,26-/m0/s1. The predicted octanol–water partition coefficient (Wildman–Crippen LogP) is 5.10. The van der Waals surface area contributed by atoms with Gasteiger partial charge >= 0.3 is 5.97 Å². The molecule has 4 nitrogen and oxygen atoms in total. The molecule has 150 valence electrons. The molecule has 0 radical (unpaired) electrons. The summed E-state index contributed by atoms with van der Waals surface area (Å²) in [5, 5.41) is 3.09. The van der Waals surface area contributed by atoms with Gasteiger partial charge < -0.3 is 10.1 Å². The quantitative estimate of drug-likeness (QED) is 0.626. The van der Waals surface area contributed by atoms with Gasteiger partial charge in [-0.15, -0.1) is 0 Å². The molecule has 0 saturated heterocycles. The second-order valence-corrected chi connectivity index (χ2v) is 8.39. The van der Waals surface area contributed by atoms with E-state index in [2.05, 4.69) is 60.8 Å². The Morgan fingerprint density at radius 3 is 1.93 bits per heavy atom. The number of benzene rings is 3. The van der Waals surface area contributed by atoms with Crippen LogP contribution in [0.3, 0.4) is 0 Å². The van der Waals surface area contributed by atoms with Crippen molar-refractivity contribution in [1.29, 1.82) is 0 Å². The average molecular weight is 397 g/mol. The number of amides is 1. The highest BCUT2D eigenvalue weighted by atomic mass is 16.5. The lowest BCUT2D eigenvalue weighted by Crippen LogP contribution is -2.47. The van der Waals surface area contributed by atoms with Gasteiger partial charge in [-0.2, -0.15) is 0 Å². The summed E-state index contributed by atoms with van der Waals surface area (Å²) < 4.78 is 4.74. The summed E-state index contributed by atoms with van der Waals surface area (Å²) in [5.74, 6) is -0.144. The summed E-state index contributed by atoms with van der Waals surface area (Å²) in [6.45, 7) is 2.08. The highest BCUT2D eigenvalue weighted by molar-refractivity contribution is 5.98. The zero-order valence-electron chi connectivity index (χ0n) is 17.0. The molecule has 4 heteroatoms. The van der Waals surface area contributed by atoms with Gasteiger partial charge in [-0.05, 0) is 59.9 Å². The molecule has 0 spiro atoms. The van der Waals surface area contributed by atoms with Crippen LogP contribution in [0.25, 0.3) is 0 Å². The summed E-state index contributed by atoms with van der Waals surface area (Å²) >= 11 is 0. The number of methoxy groups -OCH3 is 1. The number of esters is 1. The Bertz CT molecular complexity index is 1100. The number of fused-ring (bicyclic) bond motifs is 1. The van der Waals surface area contributed by atoms with Crippen molar-refractivity contribution in [3.8, 4) is 0 Å². The number of hydrogen-bond acceptors (Lipinski definition) is 3. The van der Waals surface area contributed by atoms with Gasteiger partial charge in [0.2, 0.25) is 5.91 Å². The Hall–Kier alpha value is -3.40. The van der Waals surface area contributed by atoms with Crippen LogP contribution >= 0.6 is 0 Å². The number of carbonyl (C=O) groups excluding carboxylic acids is 2. The van der Waals surface area contributed by atoms with E-state index in [0.717, 1.165) is 6.42 Å². The monoisotopic (exact) mass is 397 g/mol. The highest BCUT2D eigenvalue weighted by Crippen LogP contribution is 2.61. The molecule has 0 aliphatic heterocycles. The molecule has 1 N–H and O–H groups in total. The molecule has 3 aliphatic carbocycles. The molecule has 0 unspecified atom stereocenters. The zero-order valence-corrected chi connectivity index (χ0v) is 17.0. The number of nitrogens with one attached hydrogen (secondary N) is 1. The van der Waals surface area contributed by atoms with Crippen LogP contribution in [0.4, 0.5) is 5.69 Å². The predicted molar refractivity (Wildman–Crippen MR) is 116 cm³/mol. The van der Waals surface area contributed by atoms with Gasteiger partial charge in [0.1, 0.15) is 0 Å². The number of rotatable bonds is 3. The van der Waals surface area contributed by atoms with Crippen LogP contribution in [0.5, 0.6) is 0 Å². The van der Waals surface area contributed by atoms with E-state index in [4.69, 9.17) is 4.74 Å². The van der Waals surface area contributed by atoms with Crippen LogP contribution in [0.1, 0.15) is 57.8 Å². The van der Waals surface area contributed by atoms with Crippen molar-refractivity contribution in [2.24, 2.45) is 5.41 Å².